The first-order valence-corrected chi connectivity index (χ1v) is 1.70. The van der Waals surface area contributed by atoms with Crippen LogP contribution in [-0.4, -0.2) is 34.0 Å². The van der Waals surface area contributed by atoms with Crippen LogP contribution < -0.4 is 0 Å². The van der Waals surface area contributed by atoms with E-state index in [1.807, 2.05) is 0 Å². The summed E-state index contributed by atoms with van der Waals surface area (Å²) in [4.78, 5) is 9.52. The van der Waals surface area contributed by atoms with Crippen molar-refractivity contribution < 1.29 is 37.2 Å². The van der Waals surface area contributed by atoms with Gasteiger partial charge in [-0.1, -0.05) is 0 Å². The molecule has 0 radical (unpaired) electrons. The molecule has 8 heavy (non-hydrogen) atoms. The van der Waals surface area contributed by atoms with Gasteiger partial charge in [-0.15, -0.1) is 0 Å². The second-order valence-electron chi connectivity index (χ2n) is 1.04. The third kappa shape index (κ3) is 4.08. The van der Waals surface area contributed by atoms with Gasteiger partial charge in [0.15, 0.2) is 6.10 Å². The Morgan fingerprint density at radius 2 is 2.00 bits per heavy atom. The van der Waals surface area contributed by atoms with Crippen LogP contribution in [0.1, 0.15) is 0 Å². The summed E-state index contributed by atoms with van der Waals surface area (Å²) in [6.45, 7) is -0.727. The molecule has 0 saturated heterocycles. The van der Waals surface area contributed by atoms with Crippen molar-refractivity contribution in [2.45, 2.75) is 6.10 Å². The fourth-order valence-electron chi connectivity index (χ4n) is 0.0781. The van der Waals surface area contributed by atoms with Gasteiger partial charge in [0, 0.05) is 17.1 Å². The van der Waals surface area contributed by atoms with Crippen molar-refractivity contribution in [3.05, 3.63) is 0 Å². The molecular formula is C3H6FeO4. The number of hydrogen-bond acceptors (Lipinski definition) is 3. The number of carbonyl (C=O) groups is 1. The smallest absolute Gasteiger partial charge is 0.334 e. The van der Waals surface area contributed by atoms with Crippen molar-refractivity contribution in [2.75, 3.05) is 6.61 Å². The van der Waals surface area contributed by atoms with Crippen LogP contribution in [0.25, 0.3) is 0 Å². The van der Waals surface area contributed by atoms with E-state index in [1.165, 1.54) is 0 Å². The van der Waals surface area contributed by atoms with Crippen LogP contribution in [-0.2, 0) is 21.9 Å². The van der Waals surface area contributed by atoms with Crippen molar-refractivity contribution in [3.63, 3.8) is 0 Å². The molecule has 0 amide bonds. The second kappa shape index (κ2) is 5.05. The van der Waals surface area contributed by atoms with E-state index in [1.54, 1.807) is 0 Å². The van der Waals surface area contributed by atoms with E-state index in [4.69, 9.17) is 15.3 Å². The number of rotatable bonds is 2. The monoisotopic (exact) mass is 162 g/mol. The largest absolute Gasteiger partial charge is 0.479 e. The minimum Gasteiger partial charge on any atom is -0.479 e. The van der Waals surface area contributed by atoms with Crippen LogP contribution in [0.4, 0.5) is 0 Å². The van der Waals surface area contributed by atoms with Gasteiger partial charge in [0.25, 0.3) is 0 Å². The fourth-order valence-corrected chi connectivity index (χ4v) is 0.0781. The predicted molar refractivity (Wildman–Crippen MR) is 20.7 cm³/mol. The minimum absolute atomic E-state index is 0. The number of carboxylic acid groups (broad SMARTS) is 1. The van der Waals surface area contributed by atoms with Gasteiger partial charge in [0.1, 0.15) is 0 Å². The molecule has 0 spiro atoms. The first-order chi connectivity index (χ1) is 3.18. The number of aliphatic hydroxyl groups is 2. The number of carboxylic acids is 1. The van der Waals surface area contributed by atoms with E-state index < -0.39 is 18.7 Å². The Hall–Kier alpha value is -0.0905. The van der Waals surface area contributed by atoms with E-state index in [2.05, 4.69) is 0 Å². The number of aliphatic hydroxyl groups excluding tert-OH is 2. The van der Waals surface area contributed by atoms with Crippen LogP contribution in [0.5, 0.6) is 0 Å². The molecule has 0 saturated carbocycles. The Kier molecular flexibility index (Phi) is 6.83. The summed E-state index contributed by atoms with van der Waals surface area (Å²) in [5.41, 5.74) is 0. The summed E-state index contributed by atoms with van der Waals surface area (Å²) in [7, 11) is 0. The van der Waals surface area contributed by atoms with Gasteiger partial charge in [-0.3, -0.25) is 0 Å². The molecule has 3 N–H and O–H groups in total. The van der Waals surface area contributed by atoms with Gasteiger partial charge in [-0.2, -0.15) is 0 Å². The third-order valence-corrected chi connectivity index (χ3v) is 0.458. The average Bonchev–Trinajstić information content (AvgIpc) is 1.65. The van der Waals surface area contributed by atoms with E-state index >= 15 is 0 Å². The number of hydrogen-bond donors (Lipinski definition) is 3. The molecule has 50 valence electrons. The zero-order chi connectivity index (χ0) is 5.86. The Morgan fingerprint density at radius 3 is 2.00 bits per heavy atom. The van der Waals surface area contributed by atoms with E-state index in [-0.39, 0.29) is 17.1 Å². The van der Waals surface area contributed by atoms with Crippen molar-refractivity contribution in [3.8, 4) is 0 Å². The standard InChI is InChI=1S/C3H6O4.Fe/c4-1-2(5)3(6)7;/h2,4-5H,1H2,(H,6,7);. The van der Waals surface area contributed by atoms with Crippen molar-refractivity contribution in [1.29, 1.82) is 0 Å². The molecule has 1 unspecified atom stereocenters. The SMILES string of the molecule is O=C(O)C(O)CO.[Fe]. The van der Waals surface area contributed by atoms with Gasteiger partial charge in [0.05, 0.1) is 6.61 Å². The molecule has 5 heteroatoms. The Balaban J connectivity index is 0. The van der Waals surface area contributed by atoms with Gasteiger partial charge in [0.2, 0.25) is 0 Å². The molecule has 0 bridgehead atoms. The molecule has 0 aromatic carbocycles. The van der Waals surface area contributed by atoms with E-state index in [9.17, 15) is 4.79 Å². The molecule has 0 aliphatic rings. The molecule has 0 aliphatic carbocycles. The molecule has 0 aromatic heterocycles. The Morgan fingerprint density at radius 1 is 1.62 bits per heavy atom. The second-order valence-corrected chi connectivity index (χ2v) is 1.04. The molecule has 0 aliphatic heterocycles. The predicted octanol–water partition coefficient (Wildman–Crippen LogP) is -1.58. The molecular weight excluding hydrogens is 156 g/mol. The minimum atomic E-state index is -1.63. The molecule has 0 heterocycles. The molecule has 0 aromatic rings. The van der Waals surface area contributed by atoms with Crippen LogP contribution in [0.3, 0.4) is 0 Å². The molecule has 0 rings (SSSR count). The maximum absolute atomic E-state index is 9.52. The molecule has 0 fully saturated rings. The average molecular weight is 162 g/mol. The Bertz CT molecular complexity index is 73.7. The summed E-state index contributed by atoms with van der Waals surface area (Å²) in [6, 6.07) is 0. The van der Waals surface area contributed by atoms with Gasteiger partial charge < -0.3 is 15.3 Å². The fraction of sp³-hybridized carbons (Fsp3) is 0.667. The van der Waals surface area contributed by atoms with Gasteiger partial charge in [-0.05, 0) is 0 Å². The first-order valence-electron chi connectivity index (χ1n) is 1.70. The summed E-state index contributed by atoms with van der Waals surface area (Å²) in [6.07, 6.45) is -1.63. The Labute approximate surface area is 56.6 Å². The topological polar surface area (TPSA) is 77.8 Å². The van der Waals surface area contributed by atoms with Crippen LogP contribution >= 0.6 is 0 Å². The summed E-state index contributed by atoms with van der Waals surface area (Å²) in [5, 5.41) is 23.7. The van der Waals surface area contributed by atoms with Crippen LogP contribution in [0.15, 0.2) is 0 Å². The quantitative estimate of drug-likeness (QED) is 0.428. The van der Waals surface area contributed by atoms with Crippen molar-refractivity contribution in [2.24, 2.45) is 0 Å². The van der Waals surface area contributed by atoms with Crippen molar-refractivity contribution in [1.82, 2.24) is 0 Å². The van der Waals surface area contributed by atoms with Gasteiger partial charge >= 0.3 is 5.97 Å². The summed E-state index contributed by atoms with van der Waals surface area (Å²) in [5.74, 6) is -1.40. The molecule has 1 atom stereocenters. The zero-order valence-electron chi connectivity index (χ0n) is 3.89. The van der Waals surface area contributed by atoms with Crippen LogP contribution in [0, 0.1) is 0 Å². The van der Waals surface area contributed by atoms with E-state index in [0.717, 1.165) is 0 Å². The van der Waals surface area contributed by atoms with Crippen LogP contribution in [0.2, 0.25) is 0 Å². The summed E-state index contributed by atoms with van der Waals surface area (Å²) < 4.78 is 0. The first kappa shape index (κ1) is 10.8. The normalized spacial score (nSPS) is 11.8. The summed E-state index contributed by atoms with van der Waals surface area (Å²) >= 11 is 0. The number of aliphatic carboxylic acids is 1. The maximum Gasteiger partial charge on any atom is 0.334 e. The van der Waals surface area contributed by atoms with Crippen molar-refractivity contribution >= 4 is 5.97 Å². The van der Waals surface area contributed by atoms with E-state index in [0.29, 0.717) is 0 Å². The zero-order valence-corrected chi connectivity index (χ0v) is 4.99. The maximum atomic E-state index is 9.52. The molecule has 4 nitrogen and oxygen atoms in total. The third-order valence-electron chi connectivity index (χ3n) is 0.458. The van der Waals surface area contributed by atoms with Gasteiger partial charge in [-0.25, -0.2) is 4.79 Å².